The number of ether oxygens (including phenoxy) is 1. The van der Waals surface area contributed by atoms with Crippen molar-refractivity contribution in [1.82, 2.24) is 0 Å². The van der Waals surface area contributed by atoms with E-state index in [4.69, 9.17) is 16.7 Å². The van der Waals surface area contributed by atoms with Crippen LogP contribution in [0.5, 0.6) is 0 Å². The van der Waals surface area contributed by atoms with Crippen LogP contribution in [0.1, 0.15) is 26.2 Å². The molecule has 3 nitrogen and oxygen atoms in total. The van der Waals surface area contributed by atoms with Gasteiger partial charge in [-0.05, 0) is 6.42 Å². The first-order valence-electron chi connectivity index (χ1n) is 4.13. The molecule has 0 aromatic heterocycles. The van der Waals surface area contributed by atoms with Gasteiger partial charge in [0.15, 0.2) is 6.10 Å². The standard InChI is InChI=1S/C8H15ClO3/c1-2-3-4-7(10)8(11)12-6-5-9/h7,10H,2-6H2,1H3. The smallest absolute Gasteiger partial charge is 0.334 e. The third-order valence-electron chi connectivity index (χ3n) is 1.42. The predicted molar refractivity (Wildman–Crippen MR) is 47.2 cm³/mol. The van der Waals surface area contributed by atoms with Crippen LogP contribution < -0.4 is 0 Å². The third-order valence-corrected chi connectivity index (χ3v) is 1.58. The number of carbonyl (C=O) groups is 1. The van der Waals surface area contributed by atoms with Crippen molar-refractivity contribution in [2.45, 2.75) is 32.3 Å². The molecule has 0 aromatic carbocycles. The molecule has 1 atom stereocenters. The highest BCUT2D eigenvalue weighted by molar-refractivity contribution is 6.18. The average Bonchev–Trinajstić information content (AvgIpc) is 2.10. The largest absolute Gasteiger partial charge is 0.463 e. The van der Waals surface area contributed by atoms with E-state index in [1.165, 1.54) is 0 Å². The van der Waals surface area contributed by atoms with E-state index < -0.39 is 12.1 Å². The van der Waals surface area contributed by atoms with E-state index in [9.17, 15) is 4.79 Å². The Labute approximate surface area is 77.7 Å². The highest BCUT2D eigenvalue weighted by Gasteiger charge is 2.14. The Bertz CT molecular complexity index is 127. The lowest BCUT2D eigenvalue weighted by Crippen LogP contribution is -2.23. The zero-order valence-electron chi connectivity index (χ0n) is 7.25. The van der Waals surface area contributed by atoms with Crippen LogP contribution in [-0.2, 0) is 9.53 Å². The number of alkyl halides is 1. The summed E-state index contributed by atoms with van der Waals surface area (Å²) in [7, 11) is 0. The summed E-state index contributed by atoms with van der Waals surface area (Å²) in [4.78, 5) is 10.9. The number of hydrogen-bond acceptors (Lipinski definition) is 3. The molecular weight excluding hydrogens is 180 g/mol. The number of unbranched alkanes of at least 4 members (excludes halogenated alkanes) is 1. The molecule has 0 spiro atoms. The Morgan fingerprint density at radius 1 is 1.67 bits per heavy atom. The van der Waals surface area contributed by atoms with Crippen molar-refractivity contribution in [1.29, 1.82) is 0 Å². The van der Waals surface area contributed by atoms with Crippen molar-refractivity contribution in [3.05, 3.63) is 0 Å². The fourth-order valence-electron chi connectivity index (χ4n) is 0.751. The summed E-state index contributed by atoms with van der Waals surface area (Å²) >= 11 is 5.30. The second kappa shape index (κ2) is 7.37. The van der Waals surface area contributed by atoms with E-state index in [0.717, 1.165) is 12.8 Å². The number of aliphatic hydroxyl groups excluding tert-OH is 1. The quantitative estimate of drug-likeness (QED) is 0.513. The van der Waals surface area contributed by atoms with Crippen molar-refractivity contribution in [3.63, 3.8) is 0 Å². The minimum absolute atomic E-state index is 0.170. The molecule has 12 heavy (non-hydrogen) atoms. The molecule has 0 aromatic rings. The Balaban J connectivity index is 3.47. The molecule has 0 aliphatic heterocycles. The zero-order chi connectivity index (χ0) is 9.40. The molecule has 0 amide bonds. The van der Waals surface area contributed by atoms with Gasteiger partial charge in [0.2, 0.25) is 0 Å². The zero-order valence-corrected chi connectivity index (χ0v) is 8.01. The molecule has 4 heteroatoms. The van der Waals surface area contributed by atoms with Crippen LogP contribution in [-0.4, -0.2) is 29.7 Å². The minimum atomic E-state index is -0.979. The third kappa shape index (κ3) is 5.38. The van der Waals surface area contributed by atoms with E-state index in [1.54, 1.807) is 0 Å². The van der Waals surface area contributed by atoms with Gasteiger partial charge in [0, 0.05) is 0 Å². The Kier molecular flexibility index (Phi) is 7.20. The molecule has 0 bridgehead atoms. The molecule has 1 unspecified atom stereocenters. The lowest BCUT2D eigenvalue weighted by molar-refractivity contribution is -0.153. The van der Waals surface area contributed by atoms with Crippen LogP contribution in [0, 0.1) is 0 Å². The summed E-state index contributed by atoms with van der Waals surface area (Å²) in [6.07, 6.45) is 1.28. The first-order chi connectivity index (χ1) is 5.72. The first kappa shape index (κ1) is 11.7. The summed E-state index contributed by atoms with van der Waals surface area (Å²) in [6, 6.07) is 0. The Morgan fingerprint density at radius 2 is 2.33 bits per heavy atom. The molecular formula is C8H15ClO3. The van der Waals surface area contributed by atoms with Crippen LogP contribution >= 0.6 is 11.6 Å². The number of aliphatic hydroxyl groups is 1. The van der Waals surface area contributed by atoms with E-state index in [0.29, 0.717) is 6.42 Å². The van der Waals surface area contributed by atoms with Gasteiger partial charge >= 0.3 is 5.97 Å². The lowest BCUT2D eigenvalue weighted by atomic mass is 10.2. The number of esters is 1. The van der Waals surface area contributed by atoms with Crippen LogP contribution in [0.15, 0.2) is 0 Å². The molecule has 0 heterocycles. The normalized spacial score (nSPS) is 12.6. The molecule has 0 radical (unpaired) electrons. The van der Waals surface area contributed by atoms with E-state index in [-0.39, 0.29) is 12.5 Å². The summed E-state index contributed by atoms with van der Waals surface area (Å²) in [5, 5.41) is 9.16. The monoisotopic (exact) mass is 194 g/mol. The second-order valence-corrected chi connectivity index (χ2v) is 2.89. The van der Waals surface area contributed by atoms with Gasteiger partial charge in [-0.1, -0.05) is 19.8 Å². The topological polar surface area (TPSA) is 46.5 Å². The highest BCUT2D eigenvalue weighted by atomic mass is 35.5. The highest BCUT2D eigenvalue weighted by Crippen LogP contribution is 2.01. The maximum Gasteiger partial charge on any atom is 0.334 e. The first-order valence-corrected chi connectivity index (χ1v) is 4.66. The van der Waals surface area contributed by atoms with E-state index in [1.807, 2.05) is 6.92 Å². The van der Waals surface area contributed by atoms with Crippen LogP contribution in [0.25, 0.3) is 0 Å². The molecule has 0 aliphatic rings. The van der Waals surface area contributed by atoms with Crippen molar-refractivity contribution >= 4 is 17.6 Å². The van der Waals surface area contributed by atoms with Gasteiger partial charge in [0.25, 0.3) is 0 Å². The van der Waals surface area contributed by atoms with Crippen molar-refractivity contribution in [3.8, 4) is 0 Å². The van der Waals surface area contributed by atoms with Gasteiger partial charge in [-0.15, -0.1) is 11.6 Å². The van der Waals surface area contributed by atoms with Gasteiger partial charge < -0.3 is 9.84 Å². The van der Waals surface area contributed by atoms with Crippen LogP contribution in [0.2, 0.25) is 0 Å². The van der Waals surface area contributed by atoms with Gasteiger partial charge in [0.1, 0.15) is 6.61 Å². The second-order valence-electron chi connectivity index (χ2n) is 2.51. The van der Waals surface area contributed by atoms with Gasteiger partial charge in [0.05, 0.1) is 5.88 Å². The number of halogens is 1. The van der Waals surface area contributed by atoms with Crippen molar-refractivity contribution in [2.24, 2.45) is 0 Å². The molecule has 1 N–H and O–H groups in total. The maximum absolute atomic E-state index is 10.9. The molecule has 0 aliphatic carbocycles. The number of hydrogen-bond donors (Lipinski definition) is 1. The molecule has 0 saturated carbocycles. The summed E-state index contributed by atoms with van der Waals surface area (Å²) in [6.45, 7) is 2.17. The fraction of sp³-hybridized carbons (Fsp3) is 0.875. The summed E-state index contributed by atoms with van der Waals surface area (Å²) < 4.78 is 4.63. The van der Waals surface area contributed by atoms with Crippen molar-refractivity contribution in [2.75, 3.05) is 12.5 Å². The van der Waals surface area contributed by atoms with Crippen LogP contribution in [0.4, 0.5) is 0 Å². The molecule has 72 valence electrons. The van der Waals surface area contributed by atoms with Gasteiger partial charge in [-0.2, -0.15) is 0 Å². The molecule has 0 saturated heterocycles. The van der Waals surface area contributed by atoms with Crippen molar-refractivity contribution < 1.29 is 14.6 Å². The number of carbonyl (C=O) groups excluding carboxylic acids is 1. The maximum atomic E-state index is 10.9. The minimum Gasteiger partial charge on any atom is -0.463 e. The fourth-order valence-corrected chi connectivity index (χ4v) is 0.828. The lowest BCUT2D eigenvalue weighted by Gasteiger charge is -2.08. The van der Waals surface area contributed by atoms with Crippen LogP contribution in [0.3, 0.4) is 0 Å². The number of rotatable bonds is 6. The predicted octanol–water partition coefficient (Wildman–Crippen LogP) is 1.32. The van der Waals surface area contributed by atoms with Gasteiger partial charge in [-0.25, -0.2) is 4.79 Å². The van der Waals surface area contributed by atoms with Gasteiger partial charge in [-0.3, -0.25) is 0 Å². The average molecular weight is 195 g/mol. The molecule has 0 fully saturated rings. The summed E-state index contributed by atoms with van der Waals surface area (Å²) in [5.41, 5.74) is 0. The SMILES string of the molecule is CCCCC(O)C(=O)OCCCl. The van der Waals surface area contributed by atoms with E-state index >= 15 is 0 Å². The Hall–Kier alpha value is -0.280. The summed E-state index contributed by atoms with van der Waals surface area (Å²) in [5.74, 6) is -0.296. The van der Waals surface area contributed by atoms with E-state index in [2.05, 4.69) is 4.74 Å². The Morgan fingerprint density at radius 3 is 2.83 bits per heavy atom. The molecule has 0 rings (SSSR count).